The Morgan fingerprint density at radius 1 is 1.09 bits per heavy atom. The van der Waals surface area contributed by atoms with Crippen LogP contribution in [0.5, 0.6) is 11.5 Å². The highest BCUT2D eigenvalue weighted by Gasteiger charge is 2.16. The van der Waals surface area contributed by atoms with Crippen molar-refractivity contribution in [2.75, 3.05) is 12.4 Å². The van der Waals surface area contributed by atoms with Crippen molar-refractivity contribution in [3.05, 3.63) is 53.6 Å². The molecule has 0 aliphatic carbocycles. The molecule has 4 nitrogen and oxygen atoms in total. The quantitative estimate of drug-likeness (QED) is 0.915. The average Bonchev–Trinajstić information content (AvgIpc) is 2.51. The van der Waals surface area contributed by atoms with E-state index in [-0.39, 0.29) is 5.91 Å². The summed E-state index contributed by atoms with van der Waals surface area (Å²) in [4.78, 5) is 12.3. The molecule has 0 spiro atoms. The third-order valence-electron chi connectivity index (χ3n) is 3.37. The van der Waals surface area contributed by atoms with Crippen molar-refractivity contribution in [1.82, 2.24) is 0 Å². The van der Waals surface area contributed by atoms with Gasteiger partial charge in [0.25, 0.3) is 5.91 Å². The first-order valence-electron chi connectivity index (χ1n) is 7.18. The summed E-state index contributed by atoms with van der Waals surface area (Å²) in [5.41, 5.74) is 2.93. The third-order valence-corrected chi connectivity index (χ3v) is 3.37. The molecule has 0 aliphatic rings. The number of carbonyl (C=O) groups excluding carboxylic acids is 1. The van der Waals surface area contributed by atoms with Gasteiger partial charge in [-0.3, -0.25) is 4.79 Å². The number of aryl methyl sites for hydroxylation is 2. The Morgan fingerprint density at radius 2 is 1.82 bits per heavy atom. The first-order chi connectivity index (χ1) is 10.5. The summed E-state index contributed by atoms with van der Waals surface area (Å²) in [5, 5.41) is 2.90. The van der Waals surface area contributed by atoms with Crippen molar-refractivity contribution in [3.8, 4) is 11.5 Å². The van der Waals surface area contributed by atoms with Gasteiger partial charge in [0.1, 0.15) is 11.5 Å². The molecule has 2 aromatic carbocycles. The van der Waals surface area contributed by atoms with Gasteiger partial charge in [-0.25, -0.2) is 0 Å². The molecule has 4 heteroatoms. The zero-order valence-electron chi connectivity index (χ0n) is 13.3. The number of benzene rings is 2. The van der Waals surface area contributed by atoms with Crippen molar-refractivity contribution in [3.63, 3.8) is 0 Å². The maximum absolute atomic E-state index is 12.3. The number of hydrogen-bond acceptors (Lipinski definition) is 3. The molecule has 0 radical (unpaired) electrons. The molecule has 0 aliphatic heterocycles. The molecule has 2 rings (SSSR count). The predicted octanol–water partition coefficient (Wildman–Crippen LogP) is 3.72. The van der Waals surface area contributed by atoms with Crippen LogP contribution >= 0.6 is 0 Å². The zero-order chi connectivity index (χ0) is 16.1. The number of anilines is 1. The largest absolute Gasteiger partial charge is 0.497 e. The molecule has 0 unspecified atom stereocenters. The number of amides is 1. The van der Waals surface area contributed by atoms with Crippen molar-refractivity contribution in [1.29, 1.82) is 0 Å². The topological polar surface area (TPSA) is 47.6 Å². The second-order valence-electron chi connectivity index (χ2n) is 5.25. The Kier molecular flexibility index (Phi) is 5.04. The standard InChI is InChI=1S/C18H21NO3/c1-12-8-9-13(2)17(10-12)19-18(20)14(3)22-16-7-5-6-15(11-16)21-4/h5-11,14H,1-4H3,(H,19,20)/t14-/m0/s1. The Hall–Kier alpha value is -2.49. The summed E-state index contributed by atoms with van der Waals surface area (Å²) in [6, 6.07) is 13.1. The van der Waals surface area contributed by atoms with E-state index in [1.807, 2.05) is 44.2 Å². The van der Waals surface area contributed by atoms with Crippen LogP contribution in [0.2, 0.25) is 0 Å². The normalized spacial score (nSPS) is 11.6. The highest BCUT2D eigenvalue weighted by molar-refractivity contribution is 5.94. The van der Waals surface area contributed by atoms with Crippen molar-refractivity contribution in [2.45, 2.75) is 26.9 Å². The molecule has 1 atom stereocenters. The maximum Gasteiger partial charge on any atom is 0.265 e. The molecular weight excluding hydrogens is 278 g/mol. The fourth-order valence-corrected chi connectivity index (χ4v) is 2.04. The van der Waals surface area contributed by atoms with Crippen LogP contribution in [-0.2, 0) is 4.79 Å². The number of methoxy groups -OCH3 is 1. The van der Waals surface area contributed by atoms with Crippen LogP contribution in [0.15, 0.2) is 42.5 Å². The molecule has 0 bridgehead atoms. The third kappa shape index (κ3) is 4.01. The number of ether oxygens (including phenoxy) is 2. The zero-order valence-corrected chi connectivity index (χ0v) is 13.3. The molecule has 0 aromatic heterocycles. The van der Waals surface area contributed by atoms with Crippen LogP contribution in [0.4, 0.5) is 5.69 Å². The molecule has 1 amide bonds. The van der Waals surface area contributed by atoms with E-state index < -0.39 is 6.10 Å². The number of rotatable bonds is 5. The Morgan fingerprint density at radius 3 is 2.55 bits per heavy atom. The van der Waals surface area contributed by atoms with E-state index in [1.54, 1.807) is 26.2 Å². The first-order valence-corrected chi connectivity index (χ1v) is 7.18. The smallest absolute Gasteiger partial charge is 0.265 e. The fourth-order valence-electron chi connectivity index (χ4n) is 2.04. The van der Waals surface area contributed by atoms with Gasteiger partial charge in [0.2, 0.25) is 0 Å². The van der Waals surface area contributed by atoms with Crippen LogP contribution < -0.4 is 14.8 Å². The van der Waals surface area contributed by atoms with Gasteiger partial charge in [0, 0.05) is 11.8 Å². The molecule has 0 saturated heterocycles. The lowest BCUT2D eigenvalue weighted by Gasteiger charge is -2.16. The summed E-state index contributed by atoms with van der Waals surface area (Å²) in [6.07, 6.45) is -0.605. The molecule has 116 valence electrons. The number of nitrogens with one attached hydrogen (secondary N) is 1. The molecular formula is C18H21NO3. The minimum absolute atomic E-state index is 0.184. The predicted molar refractivity (Wildman–Crippen MR) is 87.6 cm³/mol. The lowest BCUT2D eigenvalue weighted by Crippen LogP contribution is -2.30. The molecule has 1 N–H and O–H groups in total. The van der Waals surface area contributed by atoms with Crippen LogP contribution in [0.25, 0.3) is 0 Å². The van der Waals surface area contributed by atoms with Gasteiger partial charge in [0.15, 0.2) is 6.10 Å². The maximum atomic E-state index is 12.3. The van der Waals surface area contributed by atoms with E-state index >= 15 is 0 Å². The molecule has 2 aromatic rings. The summed E-state index contributed by atoms with van der Waals surface area (Å²) >= 11 is 0. The summed E-state index contributed by atoms with van der Waals surface area (Å²) in [7, 11) is 1.59. The van der Waals surface area contributed by atoms with E-state index in [0.717, 1.165) is 16.8 Å². The summed E-state index contributed by atoms with van der Waals surface area (Å²) < 4.78 is 10.8. The lowest BCUT2D eigenvalue weighted by molar-refractivity contribution is -0.122. The SMILES string of the molecule is COc1cccc(O[C@@H](C)C(=O)Nc2cc(C)ccc2C)c1. The van der Waals surface area contributed by atoms with Gasteiger partial charge >= 0.3 is 0 Å². The van der Waals surface area contributed by atoms with Gasteiger partial charge in [-0.1, -0.05) is 18.2 Å². The molecule has 0 fully saturated rings. The second-order valence-corrected chi connectivity index (χ2v) is 5.25. The summed E-state index contributed by atoms with van der Waals surface area (Å²) in [5.74, 6) is 1.11. The minimum atomic E-state index is -0.605. The first kappa shape index (κ1) is 15.9. The molecule has 0 saturated carbocycles. The Balaban J connectivity index is 2.04. The molecule has 22 heavy (non-hydrogen) atoms. The monoisotopic (exact) mass is 299 g/mol. The van der Waals surface area contributed by atoms with E-state index in [9.17, 15) is 4.79 Å². The Bertz CT molecular complexity index is 667. The van der Waals surface area contributed by atoms with Crippen LogP contribution in [-0.4, -0.2) is 19.1 Å². The number of carbonyl (C=O) groups is 1. The van der Waals surface area contributed by atoms with E-state index in [4.69, 9.17) is 9.47 Å². The van der Waals surface area contributed by atoms with Crippen LogP contribution in [0, 0.1) is 13.8 Å². The van der Waals surface area contributed by atoms with E-state index in [0.29, 0.717) is 11.5 Å². The van der Waals surface area contributed by atoms with Crippen LogP contribution in [0.1, 0.15) is 18.1 Å². The van der Waals surface area contributed by atoms with Gasteiger partial charge in [0.05, 0.1) is 7.11 Å². The fraction of sp³-hybridized carbons (Fsp3) is 0.278. The lowest BCUT2D eigenvalue weighted by atomic mass is 10.1. The average molecular weight is 299 g/mol. The van der Waals surface area contributed by atoms with Gasteiger partial charge in [-0.05, 0) is 50.1 Å². The number of hydrogen-bond donors (Lipinski definition) is 1. The van der Waals surface area contributed by atoms with Gasteiger partial charge in [-0.15, -0.1) is 0 Å². The van der Waals surface area contributed by atoms with Gasteiger partial charge in [-0.2, -0.15) is 0 Å². The highest BCUT2D eigenvalue weighted by Crippen LogP contribution is 2.21. The van der Waals surface area contributed by atoms with Crippen molar-refractivity contribution < 1.29 is 14.3 Å². The minimum Gasteiger partial charge on any atom is -0.497 e. The van der Waals surface area contributed by atoms with Crippen molar-refractivity contribution >= 4 is 11.6 Å². The Labute approximate surface area is 131 Å². The second kappa shape index (κ2) is 6.98. The highest BCUT2D eigenvalue weighted by atomic mass is 16.5. The molecule has 0 heterocycles. The van der Waals surface area contributed by atoms with E-state index in [1.165, 1.54) is 0 Å². The van der Waals surface area contributed by atoms with Crippen molar-refractivity contribution in [2.24, 2.45) is 0 Å². The van der Waals surface area contributed by atoms with Gasteiger partial charge < -0.3 is 14.8 Å². The van der Waals surface area contributed by atoms with Crippen LogP contribution in [0.3, 0.4) is 0 Å². The van der Waals surface area contributed by atoms with E-state index in [2.05, 4.69) is 5.32 Å². The summed E-state index contributed by atoms with van der Waals surface area (Å²) in [6.45, 7) is 5.67.